The maximum atomic E-state index is 6.08. The van der Waals surface area contributed by atoms with Crippen molar-refractivity contribution in [2.75, 3.05) is 5.88 Å². The van der Waals surface area contributed by atoms with Gasteiger partial charge in [0.25, 0.3) is 0 Å². The number of rotatable bonds is 4. The molecule has 2 nitrogen and oxygen atoms in total. The molecule has 0 aromatic carbocycles. The number of hydrogen-bond donors (Lipinski definition) is 0. The Balaban J connectivity index is 1.96. The lowest BCUT2D eigenvalue weighted by molar-refractivity contribution is 0.121. The highest BCUT2D eigenvalue weighted by atomic mass is 35.5. The van der Waals surface area contributed by atoms with Crippen LogP contribution in [0.25, 0.3) is 0 Å². The second-order valence-electron chi connectivity index (χ2n) is 5.33. The van der Waals surface area contributed by atoms with Crippen molar-refractivity contribution >= 4 is 11.6 Å². The largest absolute Gasteiger partial charge is 0.489 e. The number of alkyl halides is 1. The first-order valence-electron chi connectivity index (χ1n) is 7.48. The van der Waals surface area contributed by atoms with E-state index in [-0.39, 0.29) is 0 Å². The second-order valence-corrected chi connectivity index (χ2v) is 5.71. The van der Waals surface area contributed by atoms with Crippen LogP contribution in [0.1, 0.15) is 51.0 Å². The molecule has 1 aromatic rings. The van der Waals surface area contributed by atoms with Crippen LogP contribution in [0.5, 0.6) is 5.75 Å². The first kappa shape index (κ1) is 15.2. The second kappa shape index (κ2) is 8.17. The molecule has 2 rings (SSSR count). The predicted molar refractivity (Wildman–Crippen MR) is 83.1 cm³/mol. The quantitative estimate of drug-likeness (QED) is 0.605. The number of hydrogen-bond acceptors (Lipinski definition) is 2. The first-order valence-corrected chi connectivity index (χ1v) is 8.01. The van der Waals surface area contributed by atoms with E-state index in [2.05, 4.69) is 23.7 Å². The van der Waals surface area contributed by atoms with E-state index in [4.69, 9.17) is 16.3 Å². The fraction of sp³-hybridized carbons (Fsp3) is 0.588. The van der Waals surface area contributed by atoms with Gasteiger partial charge in [0.05, 0.1) is 12.3 Å². The number of ether oxygens (including phenoxy) is 1. The molecule has 2 atom stereocenters. The fourth-order valence-corrected chi connectivity index (χ4v) is 2.77. The van der Waals surface area contributed by atoms with Crippen LogP contribution in [0, 0.1) is 17.8 Å². The van der Waals surface area contributed by atoms with Crippen molar-refractivity contribution in [1.29, 1.82) is 0 Å². The van der Waals surface area contributed by atoms with Gasteiger partial charge < -0.3 is 4.74 Å². The van der Waals surface area contributed by atoms with Crippen molar-refractivity contribution in [1.82, 2.24) is 4.98 Å². The molecule has 0 spiro atoms. The van der Waals surface area contributed by atoms with Crippen LogP contribution in [0.2, 0.25) is 0 Å². The van der Waals surface area contributed by atoms with E-state index in [1.807, 2.05) is 6.07 Å². The molecule has 108 valence electrons. The molecule has 0 saturated heterocycles. The number of pyridine rings is 1. The molecule has 1 aromatic heterocycles. The minimum absolute atomic E-state index is 0.335. The van der Waals surface area contributed by atoms with E-state index in [0.717, 1.165) is 23.7 Å². The topological polar surface area (TPSA) is 22.1 Å². The predicted octanol–water partition coefficient (Wildman–Crippen LogP) is 4.41. The summed E-state index contributed by atoms with van der Waals surface area (Å²) in [6, 6.07) is 1.98. The van der Waals surface area contributed by atoms with Crippen molar-refractivity contribution in [3.8, 4) is 17.6 Å². The summed E-state index contributed by atoms with van der Waals surface area (Å²) in [4.78, 5) is 4.21. The molecule has 1 aliphatic rings. The van der Waals surface area contributed by atoms with Gasteiger partial charge in [0.1, 0.15) is 5.75 Å². The van der Waals surface area contributed by atoms with Gasteiger partial charge in [-0.1, -0.05) is 31.6 Å². The molecule has 1 fully saturated rings. The van der Waals surface area contributed by atoms with Gasteiger partial charge in [-0.25, -0.2) is 0 Å². The summed E-state index contributed by atoms with van der Waals surface area (Å²) in [6.45, 7) is 2.27. The van der Waals surface area contributed by atoms with Crippen molar-refractivity contribution in [2.24, 2.45) is 5.92 Å². The van der Waals surface area contributed by atoms with Gasteiger partial charge in [-0.3, -0.25) is 4.98 Å². The van der Waals surface area contributed by atoms with Crippen molar-refractivity contribution in [2.45, 2.75) is 51.6 Å². The maximum absolute atomic E-state index is 6.08. The Morgan fingerprint density at radius 3 is 3.10 bits per heavy atom. The Morgan fingerprint density at radius 2 is 2.30 bits per heavy atom. The molecular weight excluding hydrogens is 270 g/mol. The third-order valence-electron chi connectivity index (χ3n) is 3.78. The first-order chi connectivity index (χ1) is 9.81. The zero-order valence-electron chi connectivity index (χ0n) is 12.1. The molecule has 2 unspecified atom stereocenters. The average molecular weight is 292 g/mol. The van der Waals surface area contributed by atoms with E-state index < -0.39 is 0 Å². The van der Waals surface area contributed by atoms with E-state index in [0.29, 0.717) is 18.4 Å². The molecule has 0 N–H and O–H groups in total. The Hall–Kier alpha value is -1.20. The summed E-state index contributed by atoms with van der Waals surface area (Å²) in [5.41, 5.74) is 0.899. The number of aromatic nitrogens is 1. The smallest absolute Gasteiger partial charge is 0.139 e. The van der Waals surface area contributed by atoms with Gasteiger partial charge in [-0.15, -0.1) is 11.6 Å². The van der Waals surface area contributed by atoms with Crippen LogP contribution in [0.4, 0.5) is 0 Å². The van der Waals surface area contributed by atoms with Crippen LogP contribution >= 0.6 is 11.6 Å². The van der Waals surface area contributed by atoms with Gasteiger partial charge in [0.15, 0.2) is 0 Å². The van der Waals surface area contributed by atoms with Gasteiger partial charge >= 0.3 is 0 Å². The highest BCUT2D eigenvalue weighted by Gasteiger charge is 2.22. The van der Waals surface area contributed by atoms with E-state index in [1.165, 1.54) is 25.7 Å². The van der Waals surface area contributed by atoms with Crippen molar-refractivity contribution in [3.63, 3.8) is 0 Å². The Morgan fingerprint density at radius 1 is 1.40 bits per heavy atom. The van der Waals surface area contributed by atoms with Crippen LogP contribution in [0.3, 0.4) is 0 Å². The van der Waals surface area contributed by atoms with Gasteiger partial charge in [-0.05, 0) is 31.2 Å². The molecule has 20 heavy (non-hydrogen) atoms. The molecule has 1 aliphatic carbocycles. The Bertz CT molecular complexity index is 477. The van der Waals surface area contributed by atoms with Crippen molar-refractivity contribution < 1.29 is 4.74 Å². The van der Waals surface area contributed by atoms with Gasteiger partial charge in [0, 0.05) is 24.1 Å². The Labute approximate surface area is 126 Å². The molecule has 0 radical (unpaired) electrons. The molecular formula is C17H22ClNO. The van der Waals surface area contributed by atoms with E-state index in [9.17, 15) is 0 Å². The number of halogens is 1. The van der Waals surface area contributed by atoms with E-state index in [1.54, 1.807) is 12.4 Å². The van der Waals surface area contributed by atoms with Crippen LogP contribution in [-0.2, 0) is 0 Å². The monoisotopic (exact) mass is 291 g/mol. The third kappa shape index (κ3) is 4.72. The molecule has 0 bridgehead atoms. The van der Waals surface area contributed by atoms with E-state index >= 15 is 0 Å². The van der Waals surface area contributed by atoms with Gasteiger partial charge in [-0.2, -0.15) is 0 Å². The summed E-state index contributed by atoms with van der Waals surface area (Å²) in [5.74, 6) is 8.30. The van der Waals surface area contributed by atoms with Crippen LogP contribution in [-0.4, -0.2) is 17.0 Å². The summed E-state index contributed by atoms with van der Waals surface area (Å²) in [7, 11) is 0. The molecule has 0 aliphatic heterocycles. The lowest BCUT2D eigenvalue weighted by Crippen LogP contribution is -2.25. The average Bonchev–Trinajstić information content (AvgIpc) is 2.48. The Kier molecular flexibility index (Phi) is 6.21. The summed E-state index contributed by atoms with van der Waals surface area (Å²) >= 11 is 5.61. The maximum Gasteiger partial charge on any atom is 0.139 e. The standard InChI is InChI=1S/C17H22ClNO/c1-2-14-7-5-8-16(10-14)20-17-11-15(12-19-13-17)6-3-4-9-18/h11-14,16H,2,4-5,7-10H2,1H3. The fourth-order valence-electron chi connectivity index (χ4n) is 2.68. The highest BCUT2D eigenvalue weighted by molar-refractivity contribution is 6.18. The molecule has 0 amide bonds. The summed E-state index contributed by atoms with van der Waals surface area (Å²) in [5, 5.41) is 0. The lowest BCUT2D eigenvalue weighted by Gasteiger charge is -2.28. The SMILES string of the molecule is CCC1CCCC(Oc2cncc(C#CCCCl)c2)C1. The normalized spacial score (nSPS) is 21.9. The zero-order valence-corrected chi connectivity index (χ0v) is 12.8. The zero-order chi connectivity index (χ0) is 14.2. The lowest BCUT2D eigenvalue weighted by atomic mass is 9.85. The minimum atomic E-state index is 0.335. The third-order valence-corrected chi connectivity index (χ3v) is 3.97. The highest BCUT2D eigenvalue weighted by Crippen LogP contribution is 2.29. The molecule has 1 heterocycles. The van der Waals surface area contributed by atoms with Crippen LogP contribution < -0.4 is 4.74 Å². The summed E-state index contributed by atoms with van der Waals surface area (Å²) < 4.78 is 6.08. The molecule has 1 saturated carbocycles. The summed E-state index contributed by atoms with van der Waals surface area (Å²) in [6.07, 6.45) is 10.8. The minimum Gasteiger partial charge on any atom is -0.489 e. The van der Waals surface area contributed by atoms with Crippen LogP contribution in [0.15, 0.2) is 18.5 Å². The van der Waals surface area contributed by atoms with Gasteiger partial charge in [0.2, 0.25) is 0 Å². The van der Waals surface area contributed by atoms with Crippen molar-refractivity contribution in [3.05, 3.63) is 24.0 Å². The number of nitrogens with zero attached hydrogens (tertiary/aromatic N) is 1. The molecule has 3 heteroatoms.